The van der Waals surface area contributed by atoms with E-state index in [4.69, 9.17) is 0 Å². The van der Waals surface area contributed by atoms with E-state index >= 15 is 0 Å². The Hall–Kier alpha value is -2.11. The van der Waals surface area contributed by atoms with Crippen LogP contribution in [0, 0.1) is 0 Å². The second kappa shape index (κ2) is 5.03. The van der Waals surface area contributed by atoms with Crippen molar-refractivity contribution in [2.24, 2.45) is 7.05 Å². The van der Waals surface area contributed by atoms with Crippen LogP contribution in [0.3, 0.4) is 0 Å². The molecule has 1 aliphatic heterocycles. The van der Waals surface area contributed by atoms with Crippen molar-refractivity contribution in [1.29, 1.82) is 0 Å². The van der Waals surface area contributed by atoms with E-state index in [1.807, 2.05) is 6.07 Å². The van der Waals surface area contributed by atoms with E-state index in [1.54, 1.807) is 35.8 Å². The number of nitrogens with zero attached hydrogens (tertiary/aromatic N) is 3. The molecule has 1 aromatic rings. The maximum atomic E-state index is 12.0. The molecule has 0 aromatic carbocycles. The topological polar surface area (TPSA) is 67.2 Å². The van der Waals surface area contributed by atoms with Crippen LogP contribution >= 0.6 is 0 Å². The fourth-order valence-corrected chi connectivity index (χ4v) is 1.88. The number of aryl methyl sites for hydroxylation is 1. The van der Waals surface area contributed by atoms with Gasteiger partial charge in [0, 0.05) is 32.4 Å². The van der Waals surface area contributed by atoms with Gasteiger partial charge in [0.25, 0.3) is 0 Å². The summed E-state index contributed by atoms with van der Waals surface area (Å²) in [5, 5.41) is 6.73. The van der Waals surface area contributed by atoms with Gasteiger partial charge in [-0.25, -0.2) is 0 Å². The minimum atomic E-state index is -0.414. The molecule has 1 aromatic heterocycles. The SMILES string of the molecule is CC1C(=O)NCCN1C(=O)C=Cc1ccnn1C. The van der Waals surface area contributed by atoms with Gasteiger partial charge in [-0.05, 0) is 19.1 Å². The molecule has 18 heavy (non-hydrogen) atoms. The summed E-state index contributed by atoms with van der Waals surface area (Å²) in [5.41, 5.74) is 0.845. The summed E-state index contributed by atoms with van der Waals surface area (Å²) in [4.78, 5) is 25.0. The third-order valence-corrected chi connectivity index (χ3v) is 3.04. The summed E-state index contributed by atoms with van der Waals surface area (Å²) in [5.74, 6) is -0.262. The van der Waals surface area contributed by atoms with Crippen molar-refractivity contribution < 1.29 is 9.59 Å². The first kappa shape index (κ1) is 12.3. The summed E-state index contributed by atoms with van der Waals surface area (Å²) in [6, 6.07) is 1.40. The second-order valence-electron chi connectivity index (χ2n) is 4.21. The standard InChI is InChI=1S/C12H16N4O2/c1-9-12(18)13-7-8-16(9)11(17)4-3-10-5-6-14-15(10)2/h3-6,9H,7-8H2,1-2H3,(H,13,18). The Morgan fingerprint density at radius 1 is 1.61 bits per heavy atom. The van der Waals surface area contributed by atoms with E-state index in [9.17, 15) is 9.59 Å². The van der Waals surface area contributed by atoms with Gasteiger partial charge in [-0.1, -0.05) is 0 Å². The number of carbonyl (C=O) groups is 2. The van der Waals surface area contributed by atoms with E-state index in [0.717, 1.165) is 5.69 Å². The highest BCUT2D eigenvalue weighted by Crippen LogP contribution is 2.06. The van der Waals surface area contributed by atoms with Crippen LogP contribution in [0.2, 0.25) is 0 Å². The van der Waals surface area contributed by atoms with Crippen LogP contribution in [0.1, 0.15) is 12.6 Å². The number of nitrogens with one attached hydrogen (secondary N) is 1. The number of aromatic nitrogens is 2. The molecule has 1 saturated heterocycles. The first-order valence-electron chi connectivity index (χ1n) is 5.84. The third kappa shape index (κ3) is 2.42. The second-order valence-corrected chi connectivity index (χ2v) is 4.21. The molecule has 0 aliphatic carbocycles. The van der Waals surface area contributed by atoms with Crippen LogP contribution in [0.4, 0.5) is 0 Å². The molecule has 2 rings (SSSR count). The monoisotopic (exact) mass is 248 g/mol. The maximum absolute atomic E-state index is 12.0. The first-order chi connectivity index (χ1) is 8.59. The molecule has 1 atom stereocenters. The predicted octanol–water partition coefficient (Wildman–Crippen LogP) is -0.220. The molecule has 2 heterocycles. The number of piperazine rings is 1. The Morgan fingerprint density at radius 2 is 2.39 bits per heavy atom. The normalized spacial score (nSPS) is 20.2. The number of rotatable bonds is 2. The molecule has 1 unspecified atom stereocenters. The highest BCUT2D eigenvalue weighted by molar-refractivity contribution is 5.96. The Labute approximate surface area is 105 Å². The molecule has 1 N–H and O–H groups in total. The van der Waals surface area contributed by atoms with Crippen molar-refractivity contribution in [3.63, 3.8) is 0 Å². The van der Waals surface area contributed by atoms with Crippen molar-refractivity contribution in [2.45, 2.75) is 13.0 Å². The molecule has 6 heteroatoms. The molecule has 6 nitrogen and oxygen atoms in total. The van der Waals surface area contributed by atoms with E-state index in [1.165, 1.54) is 6.08 Å². The minimum absolute atomic E-state index is 0.108. The quantitative estimate of drug-likeness (QED) is 0.736. The zero-order valence-corrected chi connectivity index (χ0v) is 10.5. The van der Waals surface area contributed by atoms with E-state index < -0.39 is 6.04 Å². The average Bonchev–Trinajstić information content (AvgIpc) is 2.75. The summed E-state index contributed by atoms with van der Waals surface area (Å²) in [6.07, 6.45) is 4.85. The van der Waals surface area contributed by atoms with E-state index in [-0.39, 0.29) is 11.8 Å². The van der Waals surface area contributed by atoms with Gasteiger partial charge >= 0.3 is 0 Å². The van der Waals surface area contributed by atoms with Crippen molar-refractivity contribution in [2.75, 3.05) is 13.1 Å². The molecule has 0 radical (unpaired) electrons. The molecule has 0 bridgehead atoms. The van der Waals surface area contributed by atoms with Gasteiger partial charge in [-0.15, -0.1) is 0 Å². The highest BCUT2D eigenvalue weighted by Gasteiger charge is 2.27. The predicted molar refractivity (Wildman–Crippen MR) is 66.4 cm³/mol. The molecular formula is C12H16N4O2. The van der Waals surface area contributed by atoms with E-state index in [0.29, 0.717) is 13.1 Å². The van der Waals surface area contributed by atoms with Gasteiger partial charge in [-0.3, -0.25) is 14.3 Å². The number of hydrogen-bond donors (Lipinski definition) is 1. The molecule has 96 valence electrons. The number of carbonyl (C=O) groups excluding carboxylic acids is 2. The molecule has 2 amide bonds. The largest absolute Gasteiger partial charge is 0.353 e. The van der Waals surface area contributed by atoms with Crippen LogP contribution in [-0.4, -0.2) is 45.6 Å². The Kier molecular flexibility index (Phi) is 3.45. The van der Waals surface area contributed by atoms with Gasteiger partial charge in [0.1, 0.15) is 6.04 Å². The van der Waals surface area contributed by atoms with Gasteiger partial charge < -0.3 is 10.2 Å². The van der Waals surface area contributed by atoms with E-state index in [2.05, 4.69) is 10.4 Å². The molecular weight excluding hydrogens is 232 g/mol. The zero-order chi connectivity index (χ0) is 13.1. The summed E-state index contributed by atoms with van der Waals surface area (Å²) in [7, 11) is 1.81. The summed E-state index contributed by atoms with van der Waals surface area (Å²) in [6.45, 7) is 2.78. The van der Waals surface area contributed by atoms with Gasteiger partial charge in [0.2, 0.25) is 11.8 Å². The summed E-state index contributed by atoms with van der Waals surface area (Å²) >= 11 is 0. The first-order valence-corrected chi connectivity index (χ1v) is 5.84. The van der Waals surface area contributed by atoms with Gasteiger partial charge in [-0.2, -0.15) is 5.10 Å². The summed E-state index contributed by atoms with van der Waals surface area (Å²) < 4.78 is 1.68. The maximum Gasteiger partial charge on any atom is 0.247 e. The van der Waals surface area contributed by atoms with Gasteiger partial charge in [0.05, 0.1) is 5.69 Å². The fourth-order valence-electron chi connectivity index (χ4n) is 1.88. The Bertz CT molecular complexity index is 492. The van der Waals surface area contributed by atoms with Crippen LogP contribution in [-0.2, 0) is 16.6 Å². The van der Waals surface area contributed by atoms with Crippen LogP contribution in [0.5, 0.6) is 0 Å². The number of amides is 2. The lowest BCUT2D eigenvalue weighted by Crippen LogP contribution is -2.55. The van der Waals surface area contributed by atoms with Crippen molar-refractivity contribution >= 4 is 17.9 Å². The van der Waals surface area contributed by atoms with Gasteiger partial charge in [0.15, 0.2) is 0 Å². The van der Waals surface area contributed by atoms with Crippen LogP contribution in [0.25, 0.3) is 6.08 Å². The number of hydrogen-bond acceptors (Lipinski definition) is 3. The lowest BCUT2D eigenvalue weighted by Gasteiger charge is -2.31. The van der Waals surface area contributed by atoms with Crippen molar-refractivity contribution in [3.05, 3.63) is 24.0 Å². The average molecular weight is 248 g/mol. The lowest BCUT2D eigenvalue weighted by molar-refractivity contribution is -0.139. The van der Waals surface area contributed by atoms with Crippen LogP contribution in [0.15, 0.2) is 18.3 Å². The highest BCUT2D eigenvalue weighted by atomic mass is 16.2. The Morgan fingerprint density at radius 3 is 3.06 bits per heavy atom. The lowest BCUT2D eigenvalue weighted by atomic mass is 10.2. The Balaban J connectivity index is 2.06. The smallest absolute Gasteiger partial charge is 0.247 e. The van der Waals surface area contributed by atoms with Crippen molar-refractivity contribution in [1.82, 2.24) is 20.0 Å². The molecule has 1 aliphatic rings. The minimum Gasteiger partial charge on any atom is -0.353 e. The third-order valence-electron chi connectivity index (χ3n) is 3.04. The van der Waals surface area contributed by atoms with Crippen molar-refractivity contribution in [3.8, 4) is 0 Å². The van der Waals surface area contributed by atoms with Crippen LogP contribution < -0.4 is 5.32 Å². The molecule has 0 spiro atoms. The fraction of sp³-hybridized carbons (Fsp3) is 0.417. The molecule has 1 fully saturated rings. The molecule has 0 saturated carbocycles. The zero-order valence-electron chi connectivity index (χ0n) is 10.5.